The van der Waals surface area contributed by atoms with Crippen LogP contribution in [-0.2, 0) is 4.74 Å². The van der Waals surface area contributed by atoms with Crippen LogP contribution >= 0.6 is 0 Å². The summed E-state index contributed by atoms with van der Waals surface area (Å²) in [6, 6.07) is 7.92. The molecule has 1 saturated heterocycles. The van der Waals surface area contributed by atoms with Gasteiger partial charge in [-0.1, -0.05) is 17.7 Å². The average Bonchev–Trinajstić information content (AvgIpc) is 2.70. The van der Waals surface area contributed by atoms with Crippen LogP contribution in [0.2, 0.25) is 0 Å². The molecule has 0 atom stereocenters. The predicted octanol–water partition coefficient (Wildman–Crippen LogP) is 2.44. The van der Waals surface area contributed by atoms with Crippen molar-refractivity contribution in [2.45, 2.75) is 13.8 Å². The van der Waals surface area contributed by atoms with Gasteiger partial charge in [-0.2, -0.15) is 0 Å². The van der Waals surface area contributed by atoms with Crippen molar-refractivity contribution in [3.05, 3.63) is 47.9 Å². The zero-order chi connectivity index (χ0) is 19.2. The van der Waals surface area contributed by atoms with E-state index in [0.29, 0.717) is 38.6 Å². The van der Waals surface area contributed by atoms with Gasteiger partial charge in [-0.15, -0.1) is 0 Å². The number of aryl methyl sites for hydroxylation is 1. The number of carbonyl (C=O) groups excluding carboxylic acids is 2. The number of benzene rings is 1. The molecule has 1 aliphatic rings. The molecule has 8 heteroatoms. The molecule has 142 valence electrons. The van der Waals surface area contributed by atoms with Crippen LogP contribution in [0.4, 0.5) is 16.3 Å². The van der Waals surface area contributed by atoms with Crippen LogP contribution < -0.4 is 5.32 Å². The second-order valence-electron chi connectivity index (χ2n) is 6.26. The Morgan fingerprint density at radius 2 is 1.70 bits per heavy atom. The van der Waals surface area contributed by atoms with Crippen molar-refractivity contribution in [1.29, 1.82) is 0 Å². The first-order valence-corrected chi connectivity index (χ1v) is 8.93. The summed E-state index contributed by atoms with van der Waals surface area (Å²) in [6.45, 7) is 5.93. The largest absolute Gasteiger partial charge is 0.450 e. The third-order valence-corrected chi connectivity index (χ3v) is 4.29. The predicted molar refractivity (Wildman–Crippen MR) is 101 cm³/mol. The van der Waals surface area contributed by atoms with Crippen molar-refractivity contribution in [3.63, 3.8) is 0 Å². The normalized spacial score (nSPS) is 14.0. The number of amides is 2. The summed E-state index contributed by atoms with van der Waals surface area (Å²) in [5.41, 5.74) is 2.37. The molecule has 1 N–H and O–H groups in total. The molecule has 0 aliphatic carbocycles. The number of hydrogen-bond acceptors (Lipinski definition) is 6. The molecule has 2 aromatic rings. The van der Waals surface area contributed by atoms with Crippen LogP contribution in [0.15, 0.2) is 36.7 Å². The third-order valence-electron chi connectivity index (χ3n) is 4.29. The highest BCUT2D eigenvalue weighted by Crippen LogP contribution is 2.15. The lowest BCUT2D eigenvalue weighted by atomic mass is 10.2. The maximum absolute atomic E-state index is 12.6. The van der Waals surface area contributed by atoms with E-state index in [2.05, 4.69) is 15.3 Å². The highest BCUT2D eigenvalue weighted by atomic mass is 16.6. The summed E-state index contributed by atoms with van der Waals surface area (Å²) >= 11 is 0. The summed E-state index contributed by atoms with van der Waals surface area (Å²) in [6.07, 6.45) is 2.68. The summed E-state index contributed by atoms with van der Waals surface area (Å²) in [5.74, 6) is 0.385. The number of carbonyl (C=O) groups is 2. The first-order chi connectivity index (χ1) is 13.1. The molecule has 1 aliphatic heterocycles. The van der Waals surface area contributed by atoms with Crippen molar-refractivity contribution in [3.8, 4) is 0 Å². The fourth-order valence-corrected chi connectivity index (χ4v) is 2.76. The summed E-state index contributed by atoms with van der Waals surface area (Å²) < 4.78 is 4.98. The second-order valence-corrected chi connectivity index (χ2v) is 6.26. The number of rotatable bonds is 4. The molecular formula is C19H23N5O3. The lowest BCUT2D eigenvalue weighted by molar-refractivity contribution is 0.0565. The van der Waals surface area contributed by atoms with Crippen LogP contribution in [0, 0.1) is 6.92 Å². The highest BCUT2D eigenvalue weighted by molar-refractivity contribution is 5.92. The molecule has 3 rings (SSSR count). The number of nitrogens with zero attached hydrogens (tertiary/aromatic N) is 4. The number of ether oxygens (including phenoxy) is 1. The van der Waals surface area contributed by atoms with Crippen LogP contribution in [0.25, 0.3) is 0 Å². The number of piperazine rings is 1. The van der Waals surface area contributed by atoms with Crippen LogP contribution in [-0.4, -0.2) is 64.6 Å². The van der Waals surface area contributed by atoms with E-state index in [1.54, 1.807) is 22.9 Å². The quantitative estimate of drug-likeness (QED) is 0.891. The first kappa shape index (κ1) is 18.6. The molecule has 8 nitrogen and oxygen atoms in total. The molecular weight excluding hydrogens is 346 g/mol. The van der Waals surface area contributed by atoms with E-state index in [0.717, 1.165) is 5.69 Å². The number of aromatic nitrogens is 2. The fourth-order valence-electron chi connectivity index (χ4n) is 2.76. The standard InChI is InChI=1S/C19H23N5O3/c1-3-27-19(26)24-10-8-23(9-11-24)18(25)16-12-21-17(13-20-16)22-15-6-4-14(2)5-7-15/h4-7,12-13H,3,8-11H2,1-2H3,(H,21,22). The Morgan fingerprint density at radius 1 is 1.04 bits per heavy atom. The minimum absolute atomic E-state index is 0.187. The van der Waals surface area contributed by atoms with E-state index in [1.165, 1.54) is 11.8 Å². The van der Waals surface area contributed by atoms with E-state index in [-0.39, 0.29) is 17.7 Å². The second kappa shape index (κ2) is 8.48. The van der Waals surface area contributed by atoms with Crippen molar-refractivity contribution in [2.24, 2.45) is 0 Å². The average molecular weight is 369 g/mol. The maximum Gasteiger partial charge on any atom is 0.409 e. The molecule has 0 spiro atoms. The van der Waals surface area contributed by atoms with E-state index in [9.17, 15) is 9.59 Å². The Kier molecular flexibility index (Phi) is 5.85. The smallest absolute Gasteiger partial charge is 0.409 e. The zero-order valence-electron chi connectivity index (χ0n) is 15.5. The van der Waals surface area contributed by atoms with E-state index in [4.69, 9.17) is 4.74 Å². The maximum atomic E-state index is 12.6. The van der Waals surface area contributed by atoms with Gasteiger partial charge in [0.25, 0.3) is 5.91 Å². The van der Waals surface area contributed by atoms with E-state index >= 15 is 0 Å². The SMILES string of the molecule is CCOC(=O)N1CCN(C(=O)c2cnc(Nc3ccc(C)cc3)cn2)CC1. The van der Waals surface area contributed by atoms with E-state index < -0.39 is 0 Å². The topological polar surface area (TPSA) is 87.7 Å². The van der Waals surface area contributed by atoms with Gasteiger partial charge in [0, 0.05) is 31.9 Å². The molecule has 0 bridgehead atoms. The highest BCUT2D eigenvalue weighted by Gasteiger charge is 2.26. The Labute approximate surface area is 158 Å². The van der Waals surface area contributed by atoms with Crippen LogP contribution in [0.1, 0.15) is 23.0 Å². The van der Waals surface area contributed by atoms with E-state index in [1.807, 2.05) is 31.2 Å². The molecule has 0 radical (unpaired) electrons. The molecule has 0 unspecified atom stereocenters. The van der Waals surface area contributed by atoms with Crippen LogP contribution in [0.3, 0.4) is 0 Å². The molecule has 2 heterocycles. The zero-order valence-corrected chi connectivity index (χ0v) is 15.5. The van der Waals surface area contributed by atoms with Crippen molar-refractivity contribution in [2.75, 3.05) is 38.1 Å². The van der Waals surface area contributed by atoms with Gasteiger partial charge in [-0.3, -0.25) is 4.79 Å². The van der Waals surface area contributed by atoms with Gasteiger partial charge in [-0.25, -0.2) is 14.8 Å². The van der Waals surface area contributed by atoms with Gasteiger partial charge in [0.2, 0.25) is 0 Å². The van der Waals surface area contributed by atoms with Gasteiger partial charge in [0.05, 0.1) is 19.0 Å². The molecule has 1 aromatic carbocycles. The van der Waals surface area contributed by atoms with Crippen molar-refractivity contribution < 1.29 is 14.3 Å². The lowest BCUT2D eigenvalue weighted by Crippen LogP contribution is -2.50. The Bertz CT molecular complexity index is 784. The summed E-state index contributed by atoms with van der Waals surface area (Å²) in [5, 5.41) is 3.15. The fraction of sp³-hybridized carbons (Fsp3) is 0.368. The molecule has 0 saturated carbocycles. The minimum atomic E-state index is -0.337. The Balaban J connectivity index is 1.56. The third kappa shape index (κ3) is 4.72. The number of hydrogen-bond donors (Lipinski definition) is 1. The Morgan fingerprint density at radius 3 is 2.30 bits per heavy atom. The van der Waals surface area contributed by atoms with Gasteiger partial charge >= 0.3 is 6.09 Å². The number of nitrogens with one attached hydrogen (secondary N) is 1. The molecule has 2 amide bonds. The van der Waals surface area contributed by atoms with Gasteiger partial charge in [0.1, 0.15) is 11.5 Å². The van der Waals surface area contributed by atoms with Crippen molar-refractivity contribution >= 4 is 23.5 Å². The van der Waals surface area contributed by atoms with Crippen molar-refractivity contribution in [1.82, 2.24) is 19.8 Å². The summed E-state index contributed by atoms with van der Waals surface area (Å²) in [4.78, 5) is 36.1. The Hall–Kier alpha value is -3.16. The molecule has 1 fully saturated rings. The lowest BCUT2D eigenvalue weighted by Gasteiger charge is -2.33. The van der Waals surface area contributed by atoms with Gasteiger partial charge < -0.3 is 19.9 Å². The van der Waals surface area contributed by atoms with Crippen LogP contribution in [0.5, 0.6) is 0 Å². The van der Waals surface area contributed by atoms with Gasteiger partial charge in [-0.05, 0) is 26.0 Å². The first-order valence-electron chi connectivity index (χ1n) is 8.93. The summed E-state index contributed by atoms with van der Waals surface area (Å²) in [7, 11) is 0. The number of anilines is 2. The monoisotopic (exact) mass is 369 g/mol. The molecule has 1 aromatic heterocycles. The minimum Gasteiger partial charge on any atom is -0.450 e. The van der Waals surface area contributed by atoms with Gasteiger partial charge in [0.15, 0.2) is 0 Å². The molecule has 27 heavy (non-hydrogen) atoms.